The van der Waals surface area contributed by atoms with Gasteiger partial charge in [0.1, 0.15) is 6.61 Å². The van der Waals surface area contributed by atoms with Crippen molar-refractivity contribution in [3.63, 3.8) is 0 Å². The summed E-state index contributed by atoms with van der Waals surface area (Å²) in [4.78, 5) is 0. The van der Waals surface area contributed by atoms with Gasteiger partial charge in [-0.1, -0.05) is 34.5 Å². The molecule has 0 aliphatic carbocycles. The average molecular weight is 307 g/mol. The lowest BCUT2D eigenvalue weighted by Crippen LogP contribution is -2.09. The van der Waals surface area contributed by atoms with E-state index in [-0.39, 0.29) is 0 Å². The molecule has 0 amide bonds. The summed E-state index contributed by atoms with van der Waals surface area (Å²) in [7, 11) is 0. The van der Waals surface area contributed by atoms with Crippen LogP contribution in [0, 0.1) is 0 Å². The van der Waals surface area contributed by atoms with Crippen molar-refractivity contribution in [2.45, 2.75) is 12.4 Å². The molecule has 0 aliphatic rings. The summed E-state index contributed by atoms with van der Waals surface area (Å²) >= 11 is 17.6. The van der Waals surface area contributed by atoms with Gasteiger partial charge in [-0.3, -0.25) is 0 Å². The number of nitrogens with zero attached hydrogens (tertiary/aromatic N) is 3. The monoisotopic (exact) mass is 305 g/mol. The highest BCUT2D eigenvalue weighted by Gasteiger charge is 2.06. The molecule has 0 spiro atoms. The van der Waals surface area contributed by atoms with Gasteiger partial charge in [0, 0.05) is 6.20 Å². The number of alkyl halides is 1. The van der Waals surface area contributed by atoms with Crippen LogP contribution in [0.5, 0.6) is 5.75 Å². The van der Waals surface area contributed by atoms with Crippen molar-refractivity contribution in [2.75, 3.05) is 6.61 Å². The second-order valence-corrected chi connectivity index (χ2v) is 4.59. The second-order valence-electron chi connectivity index (χ2n) is 3.51. The topological polar surface area (TPSA) is 39.9 Å². The lowest BCUT2D eigenvalue weighted by atomic mass is 10.3. The maximum Gasteiger partial charge on any atom is 0.156 e. The molecule has 18 heavy (non-hydrogen) atoms. The van der Waals surface area contributed by atoms with Crippen LogP contribution in [-0.4, -0.2) is 21.6 Å². The molecule has 0 fully saturated rings. The van der Waals surface area contributed by atoms with Gasteiger partial charge < -0.3 is 4.74 Å². The van der Waals surface area contributed by atoms with Crippen LogP contribution in [0.4, 0.5) is 0 Å². The highest BCUT2D eigenvalue weighted by molar-refractivity contribution is 6.37. The number of para-hydroxylation sites is 1. The highest BCUT2D eigenvalue weighted by atomic mass is 35.5. The van der Waals surface area contributed by atoms with Crippen LogP contribution in [0.1, 0.15) is 5.69 Å². The summed E-state index contributed by atoms with van der Waals surface area (Å²) in [5.74, 6) is 0.829. The molecule has 7 heteroatoms. The zero-order chi connectivity index (χ0) is 13.0. The first-order valence-corrected chi connectivity index (χ1v) is 6.51. The molecule has 96 valence electrons. The predicted molar refractivity (Wildman–Crippen MR) is 71.5 cm³/mol. The second kappa shape index (κ2) is 6.27. The molecule has 2 rings (SSSR count). The summed E-state index contributed by atoms with van der Waals surface area (Å²) in [6.07, 6.45) is 1.77. The zero-order valence-electron chi connectivity index (χ0n) is 9.31. The van der Waals surface area contributed by atoms with Gasteiger partial charge in [-0.2, -0.15) is 0 Å². The number of halogens is 3. The molecule has 0 unspecified atom stereocenters. The van der Waals surface area contributed by atoms with Gasteiger partial charge in [-0.05, 0) is 12.1 Å². The van der Waals surface area contributed by atoms with E-state index in [1.165, 1.54) is 0 Å². The number of hydrogen-bond acceptors (Lipinski definition) is 3. The van der Waals surface area contributed by atoms with Crippen LogP contribution in [0.25, 0.3) is 0 Å². The Morgan fingerprint density at radius 3 is 2.56 bits per heavy atom. The van der Waals surface area contributed by atoms with Crippen molar-refractivity contribution in [1.82, 2.24) is 15.0 Å². The van der Waals surface area contributed by atoms with E-state index >= 15 is 0 Å². The Bertz CT molecular complexity index is 510. The number of aromatic nitrogens is 3. The van der Waals surface area contributed by atoms with E-state index in [0.717, 1.165) is 5.69 Å². The predicted octanol–water partition coefficient (Wildman–Crippen LogP) is 3.40. The molecule has 0 saturated heterocycles. The smallest absolute Gasteiger partial charge is 0.156 e. The average Bonchev–Trinajstić information content (AvgIpc) is 2.81. The van der Waals surface area contributed by atoms with E-state index < -0.39 is 0 Å². The van der Waals surface area contributed by atoms with Crippen LogP contribution in [0.15, 0.2) is 24.4 Å². The first-order chi connectivity index (χ1) is 8.70. The van der Waals surface area contributed by atoms with Crippen molar-refractivity contribution < 1.29 is 4.74 Å². The van der Waals surface area contributed by atoms with Gasteiger partial charge >= 0.3 is 0 Å². The molecule has 0 saturated carbocycles. The van der Waals surface area contributed by atoms with Gasteiger partial charge in [0.05, 0.1) is 28.2 Å². The molecule has 4 nitrogen and oxygen atoms in total. The molecule has 1 aromatic carbocycles. The Balaban J connectivity index is 1.92. The molecule has 1 heterocycles. The van der Waals surface area contributed by atoms with E-state index in [9.17, 15) is 0 Å². The number of ether oxygens (including phenoxy) is 1. The van der Waals surface area contributed by atoms with Crippen molar-refractivity contribution >= 4 is 34.8 Å². The maximum atomic E-state index is 5.98. The van der Waals surface area contributed by atoms with E-state index in [2.05, 4.69) is 10.3 Å². The largest absolute Gasteiger partial charge is 0.489 e. The van der Waals surface area contributed by atoms with Gasteiger partial charge in [-0.15, -0.1) is 16.7 Å². The zero-order valence-corrected chi connectivity index (χ0v) is 11.6. The molecule has 0 radical (unpaired) electrons. The Morgan fingerprint density at radius 2 is 1.94 bits per heavy atom. The van der Waals surface area contributed by atoms with Crippen molar-refractivity contribution in [3.8, 4) is 5.75 Å². The Kier molecular flexibility index (Phi) is 4.69. The molecule has 0 aliphatic heterocycles. The third-order valence-corrected chi connectivity index (χ3v) is 3.08. The molecular formula is C11H10Cl3N3O. The van der Waals surface area contributed by atoms with Crippen molar-refractivity contribution in [2.24, 2.45) is 0 Å². The van der Waals surface area contributed by atoms with Gasteiger partial charge in [0.2, 0.25) is 0 Å². The van der Waals surface area contributed by atoms with Gasteiger partial charge in [0.25, 0.3) is 0 Å². The first kappa shape index (κ1) is 13.5. The molecule has 0 atom stereocenters. The number of benzene rings is 1. The lowest BCUT2D eigenvalue weighted by molar-refractivity contribution is 0.290. The van der Waals surface area contributed by atoms with E-state index in [0.29, 0.717) is 34.8 Å². The minimum absolute atomic E-state index is 0.344. The third kappa shape index (κ3) is 3.28. The maximum absolute atomic E-state index is 5.98. The summed E-state index contributed by atoms with van der Waals surface area (Å²) in [5.41, 5.74) is 0.729. The van der Waals surface area contributed by atoms with Crippen LogP contribution in [0.3, 0.4) is 0 Å². The highest BCUT2D eigenvalue weighted by Crippen LogP contribution is 2.32. The third-order valence-electron chi connectivity index (χ3n) is 2.21. The Labute approximate surface area is 119 Å². The van der Waals surface area contributed by atoms with Crippen LogP contribution in [-0.2, 0) is 12.4 Å². The number of rotatable bonds is 5. The molecule has 0 N–H and O–H groups in total. The minimum Gasteiger partial charge on any atom is -0.489 e. The Hall–Kier alpha value is -0.970. The van der Waals surface area contributed by atoms with Crippen molar-refractivity contribution in [1.29, 1.82) is 0 Å². The summed E-state index contributed by atoms with van der Waals surface area (Å²) in [5, 5.41) is 8.75. The fourth-order valence-electron chi connectivity index (χ4n) is 1.37. The van der Waals surface area contributed by atoms with E-state index in [1.54, 1.807) is 29.1 Å². The van der Waals surface area contributed by atoms with Gasteiger partial charge in [0.15, 0.2) is 5.75 Å². The van der Waals surface area contributed by atoms with Gasteiger partial charge in [-0.25, -0.2) is 4.68 Å². The fraction of sp³-hybridized carbons (Fsp3) is 0.273. The fourth-order valence-corrected chi connectivity index (χ4v) is 2.00. The van der Waals surface area contributed by atoms with E-state index in [4.69, 9.17) is 39.5 Å². The van der Waals surface area contributed by atoms with Crippen molar-refractivity contribution in [3.05, 3.63) is 40.1 Å². The van der Waals surface area contributed by atoms with Crippen LogP contribution >= 0.6 is 34.8 Å². The Morgan fingerprint density at radius 1 is 1.22 bits per heavy atom. The summed E-state index contributed by atoms with van der Waals surface area (Å²) in [6, 6.07) is 5.22. The SMILES string of the molecule is ClCc1cn(CCOc2c(Cl)cccc2Cl)nn1. The lowest BCUT2D eigenvalue weighted by Gasteiger charge is -2.09. The van der Waals surface area contributed by atoms with Crippen LogP contribution < -0.4 is 4.74 Å². The van der Waals surface area contributed by atoms with Crippen LogP contribution in [0.2, 0.25) is 10.0 Å². The molecule has 1 aromatic heterocycles. The normalized spacial score (nSPS) is 10.6. The minimum atomic E-state index is 0.344. The summed E-state index contributed by atoms with van der Waals surface area (Å²) in [6.45, 7) is 0.944. The quantitative estimate of drug-likeness (QED) is 0.795. The number of hydrogen-bond donors (Lipinski definition) is 0. The molecular weight excluding hydrogens is 296 g/mol. The van der Waals surface area contributed by atoms with E-state index in [1.807, 2.05) is 0 Å². The first-order valence-electron chi connectivity index (χ1n) is 5.22. The summed E-state index contributed by atoms with van der Waals surface area (Å²) < 4.78 is 7.18. The standard InChI is InChI=1S/C11H10Cl3N3O/c12-6-8-7-17(16-15-8)4-5-18-11-9(13)2-1-3-10(11)14/h1-3,7H,4-6H2. The molecule has 0 bridgehead atoms. The molecule has 2 aromatic rings.